The van der Waals surface area contributed by atoms with Crippen molar-refractivity contribution in [2.45, 2.75) is 158 Å². The van der Waals surface area contributed by atoms with Crippen molar-refractivity contribution >= 4 is 12.0 Å². The van der Waals surface area contributed by atoms with E-state index in [1.165, 1.54) is 103 Å². The summed E-state index contributed by atoms with van der Waals surface area (Å²) in [5.41, 5.74) is 0. The quantitative estimate of drug-likeness (QED) is 0.0679. The molecule has 0 aromatic rings. The van der Waals surface area contributed by atoms with Crippen LogP contribution in [0, 0.1) is 0 Å². The summed E-state index contributed by atoms with van der Waals surface area (Å²) in [6.45, 7) is 27.2. The zero-order valence-electron chi connectivity index (χ0n) is 28.2. The minimum absolute atomic E-state index is 1.09. The molecule has 0 aliphatic heterocycles. The summed E-state index contributed by atoms with van der Waals surface area (Å²) in [6, 6.07) is 2.29. The molecule has 5 heteroatoms. The van der Waals surface area contributed by atoms with Crippen molar-refractivity contribution in [1.82, 2.24) is 9.80 Å². The first-order valence-electron chi connectivity index (χ1n) is 17.5. The Bertz CT molecular complexity index is 528. The maximum absolute atomic E-state index is 7.41. The van der Waals surface area contributed by atoms with Gasteiger partial charge in [0.1, 0.15) is 0 Å². The Morgan fingerprint density at radius 1 is 0.385 bits per heavy atom. The number of nitrogens with zero attached hydrogens (tertiary/aromatic N) is 4. The van der Waals surface area contributed by atoms with Gasteiger partial charge in [-0.3, -0.25) is 0 Å². The van der Waals surface area contributed by atoms with Gasteiger partial charge in [-0.2, -0.15) is 0 Å². The Labute approximate surface area is 246 Å². The lowest BCUT2D eigenvalue weighted by molar-refractivity contribution is -0.553. The molecule has 0 aliphatic rings. The van der Waals surface area contributed by atoms with Crippen molar-refractivity contribution in [2.75, 3.05) is 52.4 Å². The van der Waals surface area contributed by atoms with Gasteiger partial charge in [0.15, 0.2) is 0 Å². The van der Waals surface area contributed by atoms with Crippen molar-refractivity contribution < 1.29 is 13.9 Å². The van der Waals surface area contributed by atoms with Gasteiger partial charge in [0, 0.05) is 0 Å². The predicted octanol–water partition coefficient (Wildman–Crippen LogP) is 8.74. The summed E-state index contributed by atoms with van der Waals surface area (Å²) in [5.74, 6) is 0. The highest BCUT2D eigenvalue weighted by atomic mass is 16.5. The molecule has 0 atom stereocenters. The van der Waals surface area contributed by atoms with E-state index in [1.54, 1.807) is 0 Å². The Morgan fingerprint density at radius 3 is 0.821 bits per heavy atom. The van der Waals surface area contributed by atoms with Crippen LogP contribution in [0.25, 0.3) is 0 Å². The number of amidine groups is 2. The van der Waals surface area contributed by atoms with Crippen molar-refractivity contribution in [3.63, 3.8) is 0 Å². The fraction of sp³-hybridized carbons (Fsp3) is 0.941. The topological polar surface area (TPSA) is 21.7 Å². The summed E-state index contributed by atoms with van der Waals surface area (Å²) >= 11 is 0. The number of ether oxygens (including phenoxy) is 1. The highest BCUT2D eigenvalue weighted by Crippen LogP contribution is 2.11. The van der Waals surface area contributed by atoms with Gasteiger partial charge in [0.25, 0.3) is 0 Å². The standard InChI is InChI=1S/C34H72N4O/c1-9-17-25-35(26-18-10-2)33(36(27-19-11-3)28-20-12-4)39-34(37(29-21-13-5)30-22-14-6)38(31-23-15-7)32-24-16-8/h9-32H2,1-8H3/q+2. The zero-order chi connectivity index (χ0) is 29.1. The van der Waals surface area contributed by atoms with Gasteiger partial charge in [-0.05, 0) is 51.4 Å². The van der Waals surface area contributed by atoms with Crippen LogP contribution in [0.1, 0.15) is 158 Å². The van der Waals surface area contributed by atoms with Crippen molar-refractivity contribution in [2.24, 2.45) is 0 Å². The fourth-order valence-electron chi connectivity index (χ4n) is 4.74. The molecule has 0 heterocycles. The first kappa shape index (κ1) is 37.7. The average Bonchev–Trinajstić information content (AvgIpc) is 2.95. The first-order valence-corrected chi connectivity index (χ1v) is 17.5. The van der Waals surface area contributed by atoms with E-state index < -0.39 is 0 Å². The second-order valence-corrected chi connectivity index (χ2v) is 11.4. The molecule has 0 rings (SSSR count). The van der Waals surface area contributed by atoms with Crippen LogP contribution in [0.4, 0.5) is 0 Å². The number of unbranched alkanes of at least 4 members (excludes halogenated alkanes) is 8. The molecule has 0 aromatic carbocycles. The van der Waals surface area contributed by atoms with E-state index in [4.69, 9.17) is 4.74 Å². The van der Waals surface area contributed by atoms with Crippen LogP contribution >= 0.6 is 0 Å². The average molecular weight is 553 g/mol. The van der Waals surface area contributed by atoms with Crippen LogP contribution in [-0.2, 0) is 4.74 Å². The van der Waals surface area contributed by atoms with Crippen LogP contribution < -0.4 is 0 Å². The van der Waals surface area contributed by atoms with Gasteiger partial charge < -0.3 is 4.74 Å². The molecule has 0 fully saturated rings. The minimum atomic E-state index is 1.09. The highest BCUT2D eigenvalue weighted by Gasteiger charge is 2.34. The molecular formula is C34H72N4O+2. The molecule has 0 amide bonds. The number of rotatable bonds is 24. The van der Waals surface area contributed by atoms with Crippen LogP contribution in [0.3, 0.4) is 0 Å². The molecular weight excluding hydrogens is 480 g/mol. The fourth-order valence-corrected chi connectivity index (χ4v) is 4.74. The van der Waals surface area contributed by atoms with Gasteiger partial charge in [-0.1, -0.05) is 107 Å². The van der Waals surface area contributed by atoms with Crippen molar-refractivity contribution in [3.05, 3.63) is 0 Å². The lowest BCUT2D eigenvalue weighted by Gasteiger charge is -2.26. The highest BCUT2D eigenvalue weighted by molar-refractivity contribution is 5.84. The minimum Gasteiger partial charge on any atom is -0.321 e. The Kier molecular flexibility index (Phi) is 26.1. The third-order valence-corrected chi connectivity index (χ3v) is 7.52. The smallest absolute Gasteiger partial charge is 0.321 e. The first-order chi connectivity index (χ1) is 19.1. The summed E-state index contributed by atoms with van der Waals surface area (Å²) in [7, 11) is 0. The van der Waals surface area contributed by atoms with Crippen LogP contribution in [0.5, 0.6) is 0 Å². The molecule has 0 unspecified atom stereocenters. The summed E-state index contributed by atoms with van der Waals surface area (Å²) < 4.78 is 12.7. The lowest BCUT2D eigenvalue weighted by atomic mass is 10.2. The monoisotopic (exact) mass is 553 g/mol. The normalized spacial score (nSPS) is 11.0. The van der Waals surface area contributed by atoms with Gasteiger partial charge in [-0.15, -0.1) is 0 Å². The molecule has 0 bridgehead atoms. The van der Waals surface area contributed by atoms with Gasteiger partial charge >= 0.3 is 12.0 Å². The van der Waals surface area contributed by atoms with Crippen LogP contribution in [0.2, 0.25) is 0 Å². The Balaban J connectivity index is 7.04. The van der Waals surface area contributed by atoms with Crippen LogP contribution in [0.15, 0.2) is 0 Å². The second-order valence-electron chi connectivity index (χ2n) is 11.4. The van der Waals surface area contributed by atoms with E-state index in [0.29, 0.717) is 0 Å². The number of hydrogen-bond donors (Lipinski definition) is 0. The third kappa shape index (κ3) is 17.2. The van der Waals surface area contributed by atoms with E-state index >= 15 is 0 Å². The van der Waals surface area contributed by atoms with Gasteiger partial charge in [-0.25, -0.2) is 19.0 Å². The third-order valence-electron chi connectivity index (χ3n) is 7.52. The molecule has 0 aromatic heterocycles. The molecule has 0 N–H and O–H groups in total. The van der Waals surface area contributed by atoms with Crippen molar-refractivity contribution in [1.29, 1.82) is 0 Å². The molecule has 0 saturated heterocycles. The molecule has 39 heavy (non-hydrogen) atoms. The van der Waals surface area contributed by atoms with Crippen LogP contribution in [-0.4, -0.2) is 83.4 Å². The maximum atomic E-state index is 7.41. The Morgan fingerprint density at radius 2 is 0.615 bits per heavy atom. The second kappa shape index (κ2) is 26.9. The molecule has 0 radical (unpaired) electrons. The largest absolute Gasteiger partial charge is 0.457 e. The van der Waals surface area contributed by atoms with E-state index in [1.807, 2.05) is 0 Å². The predicted molar refractivity (Wildman–Crippen MR) is 173 cm³/mol. The zero-order valence-corrected chi connectivity index (χ0v) is 28.2. The summed E-state index contributed by atoms with van der Waals surface area (Å²) in [5, 5.41) is 0. The van der Waals surface area contributed by atoms with E-state index in [2.05, 4.69) is 74.3 Å². The molecule has 0 aliphatic carbocycles. The van der Waals surface area contributed by atoms with Gasteiger partial charge in [0.05, 0.1) is 52.4 Å². The molecule has 0 saturated carbocycles. The SMILES string of the molecule is CCCCN(CCCC)C(OC(N(CCCC)CCCC)=[N+](CCCC)CCCC)=[N+](CCCC)CCCC. The van der Waals surface area contributed by atoms with Crippen molar-refractivity contribution in [3.8, 4) is 0 Å². The Hall–Kier alpha value is -1.26. The molecule has 5 nitrogen and oxygen atoms in total. The van der Waals surface area contributed by atoms with E-state index in [9.17, 15) is 0 Å². The number of hydrogen-bond acceptors (Lipinski definition) is 1. The van der Waals surface area contributed by atoms with E-state index in [-0.39, 0.29) is 0 Å². The molecule has 0 spiro atoms. The van der Waals surface area contributed by atoms with Gasteiger partial charge in [0.2, 0.25) is 0 Å². The lowest BCUT2D eigenvalue weighted by Crippen LogP contribution is -2.49. The summed E-state index contributed by atoms with van der Waals surface area (Å²) in [4.78, 5) is 5.24. The van der Waals surface area contributed by atoms with E-state index in [0.717, 1.165) is 64.4 Å². The maximum Gasteiger partial charge on any atom is 0.457 e. The summed E-state index contributed by atoms with van der Waals surface area (Å²) in [6.07, 6.45) is 19.5. The molecule has 232 valence electrons.